The van der Waals surface area contributed by atoms with E-state index in [9.17, 15) is 4.79 Å². The Morgan fingerprint density at radius 2 is 2.33 bits per heavy atom. The van der Waals surface area contributed by atoms with Gasteiger partial charge in [-0.2, -0.15) is 0 Å². The van der Waals surface area contributed by atoms with Gasteiger partial charge in [0.1, 0.15) is 12.1 Å². The minimum absolute atomic E-state index is 0.301. The molecule has 3 nitrogen and oxygen atoms in total. The lowest BCUT2D eigenvalue weighted by molar-refractivity contribution is -0.142. The molecule has 9 heavy (non-hydrogen) atoms. The van der Waals surface area contributed by atoms with E-state index in [2.05, 4.69) is 4.74 Å². The number of carbonyl (C=O) groups is 1. The molecule has 51 valence electrons. The van der Waals surface area contributed by atoms with E-state index < -0.39 is 5.54 Å². The molecule has 0 aromatic heterocycles. The molecule has 1 radical (unpaired) electrons. The van der Waals surface area contributed by atoms with Gasteiger partial charge in [-0.1, -0.05) is 0 Å². The molecule has 1 aliphatic rings. The Kier molecular flexibility index (Phi) is 1.45. The van der Waals surface area contributed by atoms with Crippen LogP contribution < -0.4 is 5.73 Å². The Balaban J connectivity index is 2.34. The van der Waals surface area contributed by atoms with Gasteiger partial charge in [-0.05, 0) is 19.8 Å². The second-order valence-electron chi connectivity index (χ2n) is 2.30. The smallest absolute Gasteiger partial charge is 0.326 e. The SMILES string of the molecule is C[CH]OC(=O)C1(N)CC1. The van der Waals surface area contributed by atoms with Crippen molar-refractivity contribution in [1.82, 2.24) is 0 Å². The number of carbonyl (C=O) groups excluding carboxylic acids is 1. The van der Waals surface area contributed by atoms with Gasteiger partial charge in [0.2, 0.25) is 0 Å². The van der Waals surface area contributed by atoms with Crippen LogP contribution in [0.3, 0.4) is 0 Å². The van der Waals surface area contributed by atoms with Gasteiger partial charge < -0.3 is 10.5 Å². The van der Waals surface area contributed by atoms with Crippen molar-refractivity contribution in [2.24, 2.45) is 5.73 Å². The minimum atomic E-state index is -0.632. The lowest BCUT2D eigenvalue weighted by Crippen LogP contribution is -2.33. The van der Waals surface area contributed by atoms with Crippen LogP contribution in [0.2, 0.25) is 0 Å². The van der Waals surface area contributed by atoms with E-state index >= 15 is 0 Å². The molecule has 1 fully saturated rings. The zero-order valence-corrected chi connectivity index (χ0v) is 5.39. The van der Waals surface area contributed by atoms with E-state index in [1.807, 2.05) is 0 Å². The molecule has 2 N–H and O–H groups in total. The summed E-state index contributed by atoms with van der Waals surface area (Å²) in [5, 5.41) is 0. The summed E-state index contributed by atoms with van der Waals surface area (Å²) in [6.45, 7) is 3.01. The third-order valence-electron chi connectivity index (χ3n) is 1.42. The molecule has 0 aromatic rings. The average molecular weight is 128 g/mol. The summed E-state index contributed by atoms with van der Waals surface area (Å²) < 4.78 is 4.58. The molecule has 0 aliphatic heterocycles. The standard InChI is InChI=1S/C6H10NO2/c1-2-9-5(8)6(7)3-4-6/h2H,3-4,7H2,1H3. The minimum Gasteiger partial charge on any atom is -0.457 e. The first-order valence-electron chi connectivity index (χ1n) is 2.97. The van der Waals surface area contributed by atoms with Crippen molar-refractivity contribution >= 4 is 5.97 Å². The Morgan fingerprint density at radius 1 is 1.78 bits per heavy atom. The molecule has 1 saturated carbocycles. The highest BCUT2D eigenvalue weighted by Gasteiger charge is 2.47. The highest BCUT2D eigenvalue weighted by atomic mass is 16.5. The van der Waals surface area contributed by atoms with Gasteiger partial charge in [0.05, 0.1) is 0 Å². The van der Waals surface area contributed by atoms with Crippen LogP contribution in [0.5, 0.6) is 0 Å². The van der Waals surface area contributed by atoms with Crippen molar-refractivity contribution in [1.29, 1.82) is 0 Å². The molecule has 3 heteroatoms. The van der Waals surface area contributed by atoms with Crippen LogP contribution in [0.25, 0.3) is 0 Å². The number of rotatable bonds is 2. The van der Waals surface area contributed by atoms with Gasteiger partial charge in [0.15, 0.2) is 0 Å². The van der Waals surface area contributed by atoms with Crippen molar-refractivity contribution < 1.29 is 9.53 Å². The fraction of sp³-hybridized carbons (Fsp3) is 0.667. The van der Waals surface area contributed by atoms with Crippen LogP contribution in [0, 0.1) is 6.61 Å². The van der Waals surface area contributed by atoms with E-state index in [0.29, 0.717) is 0 Å². The number of nitrogens with two attached hydrogens (primary N) is 1. The third kappa shape index (κ3) is 1.21. The van der Waals surface area contributed by atoms with Gasteiger partial charge in [-0.25, -0.2) is 0 Å². The van der Waals surface area contributed by atoms with Crippen LogP contribution in [-0.4, -0.2) is 11.5 Å². The van der Waals surface area contributed by atoms with E-state index in [4.69, 9.17) is 5.73 Å². The van der Waals surface area contributed by atoms with Crippen LogP contribution in [0.1, 0.15) is 19.8 Å². The molecule has 0 atom stereocenters. The Labute approximate surface area is 54.2 Å². The van der Waals surface area contributed by atoms with Gasteiger partial charge in [0.25, 0.3) is 0 Å². The van der Waals surface area contributed by atoms with Crippen molar-refractivity contribution in [3.8, 4) is 0 Å². The first-order chi connectivity index (χ1) is 4.19. The van der Waals surface area contributed by atoms with E-state index in [1.54, 1.807) is 6.92 Å². The molecule has 0 saturated heterocycles. The van der Waals surface area contributed by atoms with Crippen LogP contribution in [0.4, 0.5) is 0 Å². The second kappa shape index (κ2) is 1.99. The molecule has 0 bridgehead atoms. The maximum Gasteiger partial charge on any atom is 0.326 e. The molecule has 0 unspecified atom stereocenters. The lowest BCUT2D eigenvalue weighted by Gasteiger charge is -2.04. The van der Waals surface area contributed by atoms with Gasteiger partial charge >= 0.3 is 5.97 Å². The van der Waals surface area contributed by atoms with Gasteiger partial charge in [-0.3, -0.25) is 4.79 Å². The van der Waals surface area contributed by atoms with E-state index in [-0.39, 0.29) is 5.97 Å². The number of hydrogen-bond acceptors (Lipinski definition) is 3. The third-order valence-corrected chi connectivity index (χ3v) is 1.42. The highest BCUT2D eigenvalue weighted by molar-refractivity contribution is 5.84. The fourth-order valence-corrected chi connectivity index (χ4v) is 0.563. The first-order valence-corrected chi connectivity index (χ1v) is 2.97. The van der Waals surface area contributed by atoms with Crippen LogP contribution >= 0.6 is 0 Å². The van der Waals surface area contributed by atoms with Crippen LogP contribution in [-0.2, 0) is 9.53 Å². The largest absolute Gasteiger partial charge is 0.457 e. The summed E-state index contributed by atoms with van der Waals surface area (Å²) in [4.78, 5) is 10.7. The lowest BCUT2D eigenvalue weighted by atomic mass is 10.3. The summed E-state index contributed by atoms with van der Waals surface area (Å²) >= 11 is 0. The maximum atomic E-state index is 10.7. The summed E-state index contributed by atoms with van der Waals surface area (Å²) in [6.07, 6.45) is 1.53. The number of ether oxygens (including phenoxy) is 1. The molecule has 1 rings (SSSR count). The topological polar surface area (TPSA) is 52.3 Å². The Hall–Kier alpha value is -0.570. The summed E-state index contributed by atoms with van der Waals surface area (Å²) in [7, 11) is 0. The predicted molar refractivity (Wildman–Crippen MR) is 32.2 cm³/mol. The monoisotopic (exact) mass is 128 g/mol. The van der Waals surface area contributed by atoms with E-state index in [0.717, 1.165) is 12.8 Å². The fourth-order valence-electron chi connectivity index (χ4n) is 0.563. The zero-order valence-electron chi connectivity index (χ0n) is 5.39. The first kappa shape index (κ1) is 6.55. The second-order valence-corrected chi connectivity index (χ2v) is 2.30. The molecular weight excluding hydrogens is 118 g/mol. The van der Waals surface area contributed by atoms with Crippen molar-refractivity contribution in [2.45, 2.75) is 25.3 Å². The highest BCUT2D eigenvalue weighted by Crippen LogP contribution is 2.33. The normalized spacial score (nSPS) is 21.1. The summed E-state index contributed by atoms with van der Waals surface area (Å²) in [5.41, 5.74) is 4.85. The molecule has 0 amide bonds. The summed E-state index contributed by atoms with van der Waals surface area (Å²) in [5.74, 6) is -0.301. The Morgan fingerprint density at radius 3 is 2.67 bits per heavy atom. The zero-order chi connectivity index (χ0) is 6.91. The summed E-state index contributed by atoms with van der Waals surface area (Å²) in [6, 6.07) is 0. The molecule has 0 heterocycles. The molecule has 0 spiro atoms. The van der Waals surface area contributed by atoms with Crippen molar-refractivity contribution in [2.75, 3.05) is 0 Å². The van der Waals surface area contributed by atoms with Crippen molar-refractivity contribution in [3.05, 3.63) is 6.61 Å². The number of esters is 1. The van der Waals surface area contributed by atoms with Gasteiger partial charge in [0, 0.05) is 0 Å². The predicted octanol–water partition coefficient (Wildman–Crippen LogP) is 0.203. The Bertz CT molecular complexity index is 129. The average Bonchev–Trinajstić information content (AvgIpc) is 2.50. The molecular formula is C6H10NO2. The van der Waals surface area contributed by atoms with Crippen molar-refractivity contribution in [3.63, 3.8) is 0 Å². The molecule has 1 aliphatic carbocycles. The number of hydrogen-bond donors (Lipinski definition) is 1. The van der Waals surface area contributed by atoms with Gasteiger partial charge in [-0.15, -0.1) is 0 Å². The maximum absolute atomic E-state index is 10.7. The van der Waals surface area contributed by atoms with E-state index in [1.165, 1.54) is 6.61 Å². The molecule has 0 aromatic carbocycles. The van der Waals surface area contributed by atoms with Crippen LogP contribution in [0.15, 0.2) is 0 Å². The quantitative estimate of drug-likeness (QED) is 0.540.